The van der Waals surface area contributed by atoms with Crippen molar-refractivity contribution < 1.29 is 18.1 Å². The van der Waals surface area contributed by atoms with Crippen LogP contribution in [0.5, 0.6) is 0 Å². The molecular weight excluding hydrogens is 374 g/mol. The first-order chi connectivity index (χ1) is 12.2. The molecule has 8 heteroatoms. The predicted octanol–water partition coefficient (Wildman–Crippen LogP) is 1.21. The van der Waals surface area contributed by atoms with Crippen molar-refractivity contribution in [3.05, 3.63) is 58.6 Å². The third kappa shape index (κ3) is 5.54. The van der Waals surface area contributed by atoms with E-state index >= 15 is 0 Å². The number of amides is 1. The van der Waals surface area contributed by atoms with Gasteiger partial charge in [-0.05, 0) is 43.8 Å². The van der Waals surface area contributed by atoms with Crippen LogP contribution in [0.25, 0.3) is 0 Å². The third-order valence-corrected chi connectivity index (χ3v) is 5.72. The lowest BCUT2D eigenvalue weighted by molar-refractivity contribution is -0.885. The van der Waals surface area contributed by atoms with Gasteiger partial charge in [0.25, 0.3) is 5.91 Å². The number of sulfonamides is 1. The van der Waals surface area contributed by atoms with E-state index in [0.717, 1.165) is 10.5 Å². The van der Waals surface area contributed by atoms with Crippen LogP contribution in [-0.4, -0.2) is 35.0 Å². The van der Waals surface area contributed by atoms with Gasteiger partial charge >= 0.3 is 0 Å². The van der Waals surface area contributed by atoms with Crippen LogP contribution in [0.2, 0.25) is 5.02 Å². The van der Waals surface area contributed by atoms with E-state index in [1.807, 2.05) is 31.3 Å². The Labute approximate surface area is 159 Å². The third-order valence-electron chi connectivity index (χ3n) is 3.91. The van der Waals surface area contributed by atoms with Crippen molar-refractivity contribution >= 4 is 33.2 Å². The van der Waals surface area contributed by atoms with Gasteiger partial charge in [0, 0.05) is 16.3 Å². The van der Waals surface area contributed by atoms with E-state index in [-0.39, 0.29) is 17.3 Å². The van der Waals surface area contributed by atoms with Gasteiger partial charge in [-0.1, -0.05) is 29.8 Å². The smallest absolute Gasteiger partial charge is 0.279 e. The Morgan fingerprint density at radius 1 is 1.15 bits per heavy atom. The minimum absolute atomic E-state index is 0.152. The molecule has 26 heavy (non-hydrogen) atoms. The maximum atomic E-state index is 12.3. The molecule has 0 aliphatic rings. The highest BCUT2D eigenvalue weighted by molar-refractivity contribution is 7.89. The highest BCUT2D eigenvalue weighted by atomic mass is 35.5. The minimum Gasteiger partial charge on any atom is -0.326 e. The number of carbonyl (C=O) groups excluding carboxylic acids is 1. The number of hydrogen-bond acceptors (Lipinski definition) is 3. The van der Waals surface area contributed by atoms with E-state index < -0.39 is 10.0 Å². The van der Waals surface area contributed by atoms with Crippen molar-refractivity contribution in [2.75, 3.05) is 26.0 Å². The summed E-state index contributed by atoms with van der Waals surface area (Å²) in [6.07, 6.45) is 0. The summed E-state index contributed by atoms with van der Waals surface area (Å²) < 4.78 is 26.3. The van der Waals surface area contributed by atoms with Gasteiger partial charge in [-0.15, -0.1) is 0 Å². The monoisotopic (exact) mass is 396 g/mol. The number of hydrogen-bond donors (Lipinski definition) is 3. The average Bonchev–Trinajstić information content (AvgIpc) is 2.58. The lowest BCUT2D eigenvalue weighted by atomic mass is 10.2. The zero-order chi connectivity index (χ0) is 19.3. The van der Waals surface area contributed by atoms with E-state index in [0.29, 0.717) is 22.8 Å². The molecule has 1 amide bonds. The second kappa shape index (κ2) is 8.64. The van der Waals surface area contributed by atoms with Crippen LogP contribution in [-0.2, 0) is 21.4 Å². The largest absolute Gasteiger partial charge is 0.326 e. The number of aryl methyl sites for hydroxylation is 1. The second-order valence-electron chi connectivity index (χ2n) is 6.17. The summed E-state index contributed by atoms with van der Waals surface area (Å²) in [6, 6.07) is 12.3. The van der Waals surface area contributed by atoms with E-state index in [1.165, 1.54) is 13.1 Å². The topological polar surface area (TPSA) is 79.7 Å². The summed E-state index contributed by atoms with van der Waals surface area (Å²) in [5.74, 6) is -0.187. The molecule has 0 heterocycles. The Bertz CT molecular complexity index is 883. The first kappa shape index (κ1) is 20.4. The summed E-state index contributed by atoms with van der Waals surface area (Å²) in [7, 11) is -0.299. The van der Waals surface area contributed by atoms with Crippen LogP contribution in [0.15, 0.2) is 47.4 Å². The van der Waals surface area contributed by atoms with Gasteiger partial charge in [0.05, 0.1) is 11.9 Å². The molecule has 2 aromatic rings. The quantitative estimate of drug-likeness (QED) is 0.658. The summed E-state index contributed by atoms with van der Waals surface area (Å²) >= 11 is 5.87. The predicted molar refractivity (Wildman–Crippen MR) is 103 cm³/mol. The Morgan fingerprint density at radius 2 is 1.81 bits per heavy atom. The molecule has 0 aromatic heterocycles. The molecule has 6 nitrogen and oxygen atoms in total. The fourth-order valence-corrected chi connectivity index (χ4v) is 3.69. The van der Waals surface area contributed by atoms with E-state index in [1.54, 1.807) is 19.1 Å². The van der Waals surface area contributed by atoms with Gasteiger partial charge in [0.1, 0.15) is 6.54 Å². The minimum atomic E-state index is -3.57. The SMILES string of the molecule is CNS(=O)(=O)c1cc(NC(=O)C[NH+](C)Cc2ccc(Cl)cc2)ccc1C. The molecule has 0 radical (unpaired) electrons. The Kier molecular flexibility index (Phi) is 6.77. The average molecular weight is 397 g/mol. The van der Waals surface area contributed by atoms with Gasteiger partial charge in [0.2, 0.25) is 10.0 Å². The molecule has 3 N–H and O–H groups in total. The van der Waals surface area contributed by atoms with Crippen molar-refractivity contribution in [1.29, 1.82) is 0 Å². The van der Waals surface area contributed by atoms with Crippen molar-refractivity contribution in [2.24, 2.45) is 0 Å². The van der Waals surface area contributed by atoms with Crippen LogP contribution >= 0.6 is 11.6 Å². The number of rotatable bonds is 7. The van der Waals surface area contributed by atoms with Gasteiger partial charge in [-0.25, -0.2) is 13.1 Å². The standard InChI is InChI=1S/C18H22ClN3O3S/c1-13-4-9-16(10-17(13)26(24,25)20-2)21-18(23)12-22(3)11-14-5-7-15(19)8-6-14/h4-10,20H,11-12H2,1-3H3,(H,21,23)/p+1. The van der Waals surface area contributed by atoms with E-state index in [2.05, 4.69) is 10.0 Å². The molecule has 0 spiro atoms. The number of likely N-dealkylation sites (N-methyl/N-ethyl adjacent to an activating group) is 1. The van der Waals surface area contributed by atoms with E-state index in [9.17, 15) is 13.2 Å². The van der Waals surface area contributed by atoms with Crippen LogP contribution in [0.1, 0.15) is 11.1 Å². The zero-order valence-electron chi connectivity index (χ0n) is 15.0. The molecule has 1 atom stereocenters. The molecule has 0 bridgehead atoms. The number of nitrogens with one attached hydrogen (secondary N) is 3. The van der Waals surface area contributed by atoms with E-state index in [4.69, 9.17) is 11.6 Å². The van der Waals surface area contributed by atoms with Gasteiger partial charge in [-0.3, -0.25) is 4.79 Å². The number of halogens is 1. The van der Waals surface area contributed by atoms with Crippen molar-refractivity contribution in [3.8, 4) is 0 Å². The van der Waals surface area contributed by atoms with Crippen molar-refractivity contribution in [3.63, 3.8) is 0 Å². The van der Waals surface area contributed by atoms with Crippen LogP contribution in [0.3, 0.4) is 0 Å². The van der Waals surface area contributed by atoms with Crippen molar-refractivity contribution in [2.45, 2.75) is 18.4 Å². The normalized spacial score (nSPS) is 12.6. The highest BCUT2D eigenvalue weighted by Crippen LogP contribution is 2.19. The summed E-state index contributed by atoms with van der Waals surface area (Å²) in [4.78, 5) is 13.4. The summed E-state index contributed by atoms with van der Waals surface area (Å²) in [5.41, 5.74) is 2.15. The molecule has 1 unspecified atom stereocenters. The fraction of sp³-hybridized carbons (Fsp3) is 0.278. The lowest BCUT2D eigenvalue weighted by Crippen LogP contribution is -3.08. The molecule has 140 valence electrons. The molecule has 0 fully saturated rings. The van der Waals surface area contributed by atoms with Crippen LogP contribution < -0.4 is 14.9 Å². The summed E-state index contributed by atoms with van der Waals surface area (Å²) in [5, 5.41) is 3.44. The number of carbonyl (C=O) groups is 1. The number of benzene rings is 2. The first-order valence-corrected chi connectivity index (χ1v) is 9.97. The summed E-state index contributed by atoms with van der Waals surface area (Å²) in [6.45, 7) is 2.64. The van der Waals surface area contributed by atoms with Crippen molar-refractivity contribution in [1.82, 2.24) is 4.72 Å². The van der Waals surface area contributed by atoms with Crippen LogP contribution in [0.4, 0.5) is 5.69 Å². The molecule has 0 saturated heterocycles. The molecule has 2 aromatic carbocycles. The lowest BCUT2D eigenvalue weighted by Gasteiger charge is -2.15. The zero-order valence-corrected chi connectivity index (χ0v) is 16.5. The second-order valence-corrected chi connectivity index (χ2v) is 8.46. The van der Waals surface area contributed by atoms with Crippen LogP contribution in [0, 0.1) is 6.92 Å². The fourth-order valence-electron chi connectivity index (χ4n) is 2.57. The first-order valence-electron chi connectivity index (χ1n) is 8.11. The Balaban J connectivity index is 2.01. The number of quaternary nitrogens is 1. The Morgan fingerprint density at radius 3 is 2.42 bits per heavy atom. The molecule has 0 aliphatic carbocycles. The molecule has 2 rings (SSSR count). The molecule has 0 saturated carbocycles. The number of anilines is 1. The van der Waals surface area contributed by atoms with Gasteiger partial charge in [0.15, 0.2) is 6.54 Å². The molecule has 0 aliphatic heterocycles. The highest BCUT2D eigenvalue weighted by Gasteiger charge is 2.17. The molecular formula is C18H23ClN3O3S+. The Hall–Kier alpha value is -1.93. The van der Waals surface area contributed by atoms with Gasteiger partial charge < -0.3 is 10.2 Å². The maximum Gasteiger partial charge on any atom is 0.279 e. The van der Waals surface area contributed by atoms with Gasteiger partial charge in [-0.2, -0.15) is 0 Å². The maximum absolute atomic E-state index is 12.3.